The molecule has 0 aliphatic heterocycles. The van der Waals surface area contributed by atoms with Gasteiger partial charge in [-0.15, -0.1) is 11.3 Å². The van der Waals surface area contributed by atoms with Crippen LogP contribution < -0.4 is 10.1 Å². The fraction of sp³-hybridized carbons (Fsp3) is 0.158. The van der Waals surface area contributed by atoms with Crippen molar-refractivity contribution in [3.8, 4) is 5.75 Å². The van der Waals surface area contributed by atoms with Gasteiger partial charge >= 0.3 is 0 Å². The Balaban J connectivity index is 1.60. The van der Waals surface area contributed by atoms with E-state index in [2.05, 4.69) is 10.3 Å². The summed E-state index contributed by atoms with van der Waals surface area (Å²) in [7, 11) is 0. The normalized spacial score (nSPS) is 10.4. The fourth-order valence-corrected chi connectivity index (χ4v) is 2.90. The molecule has 0 spiro atoms. The number of hydrogen-bond donors (Lipinski definition) is 1. The molecule has 3 rings (SSSR count). The monoisotopic (exact) mass is 338 g/mol. The largest absolute Gasteiger partial charge is 0.489 e. The van der Waals surface area contributed by atoms with Gasteiger partial charge in [-0.2, -0.15) is 0 Å². The van der Waals surface area contributed by atoms with Crippen LogP contribution >= 0.6 is 11.3 Å². The zero-order chi connectivity index (χ0) is 16.9. The summed E-state index contributed by atoms with van der Waals surface area (Å²) in [5, 5.41) is 5.32. The Morgan fingerprint density at radius 2 is 1.88 bits per heavy atom. The number of benzene rings is 2. The maximum absolute atomic E-state index is 12.2. The highest BCUT2D eigenvalue weighted by molar-refractivity contribution is 7.13. The summed E-state index contributed by atoms with van der Waals surface area (Å²) in [5.74, 6) is 0.717. The summed E-state index contributed by atoms with van der Waals surface area (Å²) < 4.78 is 5.81. The maximum Gasteiger partial charge on any atom is 0.257 e. The molecule has 1 aromatic heterocycles. The average molecular weight is 338 g/mol. The van der Waals surface area contributed by atoms with Gasteiger partial charge in [-0.3, -0.25) is 10.1 Å². The maximum atomic E-state index is 12.2. The second kappa shape index (κ2) is 7.27. The van der Waals surface area contributed by atoms with Crippen molar-refractivity contribution in [1.29, 1.82) is 0 Å². The fourth-order valence-electron chi connectivity index (χ4n) is 2.21. The number of carbonyl (C=O) groups excluding carboxylic acids is 1. The predicted molar refractivity (Wildman–Crippen MR) is 96.8 cm³/mol. The van der Waals surface area contributed by atoms with Gasteiger partial charge in [0.15, 0.2) is 5.13 Å². The summed E-state index contributed by atoms with van der Waals surface area (Å²) in [4.78, 5) is 16.4. The number of amides is 1. The topological polar surface area (TPSA) is 51.2 Å². The number of rotatable bonds is 5. The van der Waals surface area contributed by atoms with Gasteiger partial charge in [0.1, 0.15) is 12.4 Å². The number of nitrogens with one attached hydrogen (secondary N) is 1. The summed E-state index contributed by atoms with van der Waals surface area (Å²) in [6.45, 7) is 4.39. The number of carbonyl (C=O) groups is 1. The minimum Gasteiger partial charge on any atom is -0.489 e. The average Bonchev–Trinajstić information content (AvgIpc) is 2.99. The molecule has 5 heteroatoms. The highest BCUT2D eigenvalue weighted by Gasteiger charge is 2.08. The van der Waals surface area contributed by atoms with E-state index in [9.17, 15) is 4.79 Å². The van der Waals surface area contributed by atoms with E-state index in [-0.39, 0.29) is 5.91 Å². The van der Waals surface area contributed by atoms with Crippen LogP contribution in [0.15, 0.2) is 53.9 Å². The number of hydrogen-bond acceptors (Lipinski definition) is 4. The molecule has 1 N–H and O–H groups in total. The molecule has 24 heavy (non-hydrogen) atoms. The molecule has 2 aromatic carbocycles. The number of nitrogens with zero attached hydrogens (tertiary/aromatic N) is 1. The van der Waals surface area contributed by atoms with E-state index >= 15 is 0 Å². The second-order valence-electron chi connectivity index (χ2n) is 5.50. The third-order valence-electron chi connectivity index (χ3n) is 3.54. The van der Waals surface area contributed by atoms with Gasteiger partial charge in [0.05, 0.1) is 5.69 Å². The van der Waals surface area contributed by atoms with Gasteiger partial charge in [0.25, 0.3) is 5.91 Å². The first kappa shape index (κ1) is 16.2. The molecule has 0 aliphatic carbocycles. The highest BCUT2D eigenvalue weighted by atomic mass is 32.1. The standard InChI is InChI=1S/C19H18N2O2S/c1-13-5-3-4-6-17(13)23-11-15-7-9-16(10-8-15)18(22)21-19-20-14(2)12-24-19/h3-10,12H,11H2,1-2H3,(H,20,21,22). The Kier molecular flexibility index (Phi) is 4.91. The van der Waals surface area contributed by atoms with Crippen molar-refractivity contribution in [3.63, 3.8) is 0 Å². The molecular formula is C19H18N2O2S. The minimum absolute atomic E-state index is 0.157. The van der Waals surface area contributed by atoms with Crippen molar-refractivity contribution in [2.75, 3.05) is 5.32 Å². The number of para-hydroxylation sites is 1. The van der Waals surface area contributed by atoms with Crippen LogP contribution in [0.2, 0.25) is 0 Å². The first-order chi connectivity index (χ1) is 11.6. The van der Waals surface area contributed by atoms with Crippen LogP contribution in [0.1, 0.15) is 27.2 Å². The summed E-state index contributed by atoms with van der Waals surface area (Å²) in [6.07, 6.45) is 0. The van der Waals surface area contributed by atoms with E-state index in [1.54, 1.807) is 12.1 Å². The lowest BCUT2D eigenvalue weighted by molar-refractivity contribution is 0.102. The molecule has 0 aliphatic rings. The molecule has 0 saturated carbocycles. The molecule has 0 fully saturated rings. The molecule has 0 saturated heterocycles. The lowest BCUT2D eigenvalue weighted by Crippen LogP contribution is -2.11. The smallest absolute Gasteiger partial charge is 0.257 e. The van der Waals surface area contributed by atoms with Gasteiger partial charge in [-0.1, -0.05) is 30.3 Å². The van der Waals surface area contributed by atoms with E-state index in [0.717, 1.165) is 22.6 Å². The number of anilines is 1. The summed E-state index contributed by atoms with van der Waals surface area (Å²) in [5.41, 5.74) is 3.62. The summed E-state index contributed by atoms with van der Waals surface area (Å²) in [6, 6.07) is 15.3. The van der Waals surface area contributed by atoms with Crippen molar-refractivity contribution in [3.05, 3.63) is 76.3 Å². The first-order valence-corrected chi connectivity index (χ1v) is 8.50. The van der Waals surface area contributed by atoms with Crippen LogP contribution in [0.5, 0.6) is 5.75 Å². The molecule has 0 unspecified atom stereocenters. The van der Waals surface area contributed by atoms with Crippen molar-refractivity contribution in [2.45, 2.75) is 20.5 Å². The Morgan fingerprint density at radius 3 is 2.54 bits per heavy atom. The zero-order valence-electron chi connectivity index (χ0n) is 13.6. The molecule has 122 valence electrons. The van der Waals surface area contributed by atoms with E-state index < -0.39 is 0 Å². The lowest BCUT2D eigenvalue weighted by Gasteiger charge is -2.09. The lowest BCUT2D eigenvalue weighted by atomic mass is 10.1. The van der Waals surface area contributed by atoms with Crippen molar-refractivity contribution >= 4 is 22.4 Å². The number of ether oxygens (including phenoxy) is 1. The third-order valence-corrected chi connectivity index (χ3v) is 4.42. The van der Waals surface area contributed by atoms with Crippen molar-refractivity contribution < 1.29 is 9.53 Å². The van der Waals surface area contributed by atoms with Crippen LogP contribution in [0, 0.1) is 13.8 Å². The number of thiazole rings is 1. The van der Waals surface area contributed by atoms with Crippen LogP contribution in [0.3, 0.4) is 0 Å². The van der Waals surface area contributed by atoms with Crippen LogP contribution in [0.25, 0.3) is 0 Å². The highest BCUT2D eigenvalue weighted by Crippen LogP contribution is 2.19. The quantitative estimate of drug-likeness (QED) is 0.740. The van der Waals surface area contributed by atoms with Crippen molar-refractivity contribution in [1.82, 2.24) is 4.98 Å². The molecule has 0 bridgehead atoms. The molecular weight excluding hydrogens is 320 g/mol. The van der Waals surface area contributed by atoms with Gasteiger partial charge in [0, 0.05) is 10.9 Å². The zero-order valence-corrected chi connectivity index (χ0v) is 14.4. The van der Waals surface area contributed by atoms with Crippen molar-refractivity contribution in [2.24, 2.45) is 0 Å². The van der Waals surface area contributed by atoms with Gasteiger partial charge in [0.2, 0.25) is 0 Å². The second-order valence-corrected chi connectivity index (χ2v) is 6.36. The van der Waals surface area contributed by atoms with Crippen LogP contribution in [-0.4, -0.2) is 10.9 Å². The number of aryl methyl sites for hydroxylation is 2. The Morgan fingerprint density at radius 1 is 1.12 bits per heavy atom. The van der Waals surface area contributed by atoms with Gasteiger partial charge < -0.3 is 4.74 Å². The first-order valence-electron chi connectivity index (χ1n) is 7.62. The van der Waals surface area contributed by atoms with Crippen LogP contribution in [-0.2, 0) is 6.61 Å². The molecule has 0 atom stereocenters. The molecule has 1 heterocycles. The van der Waals surface area contributed by atoms with Gasteiger partial charge in [-0.25, -0.2) is 4.98 Å². The van der Waals surface area contributed by atoms with E-state index in [0.29, 0.717) is 17.3 Å². The minimum atomic E-state index is -0.157. The molecule has 3 aromatic rings. The summed E-state index contributed by atoms with van der Waals surface area (Å²) >= 11 is 1.42. The van der Waals surface area contributed by atoms with E-state index in [4.69, 9.17) is 4.74 Å². The third kappa shape index (κ3) is 4.00. The van der Waals surface area contributed by atoms with Crippen LogP contribution in [0.4, 0.5) is 5.13 Å². The van der Waals surface area contributed by atoms with E-state index in [1.165, 1.54) is 11.3 Å². The number of aromatic nitrogens is 1. The molecule has 4 nitrogen and oxygen atoms in total. The SMILES string of the molecule is Cc1csc(NC(=O)c2ccc(COc3ccccc3C)cc2)n1. The van der Waals surface area contributed by atoms with E-state index in [1.807, 2.05) is 55.6 Å². The predicted octanol–water partition coefficient (Wildman–Crippen LogP) is 4.59. The Labute approximate surface area is 145 Å². The Hall–Kier alpha value is -2.66. The van der Waals surface area contributed by atoms with Gasteiger partial charge in [-0.05, 0) is 43.2 Å². The molecule has 0 radical (unpaired) electrons. The Bertz CT molecular complexity index is 841. The molecule has 1 amide bonds.